The third-order valence-electron chi connectivity index (χ3n) is 4.74. The molecular formula is C21H23N3O3. The number of hydrogen-bond donors (Lipinski definition) is 0. The van der Waals surface area contributed by atoms with E-state index < -0.39 is 0 Å². The number of rotatable bonds is 5. The largest absolute Gasteiger partial charge is 0.497 e. The third-order valence-corrected chi connectivity index (χ3v) is 4.74. The van der Waals surface area contributed by atoms with Gasteiger partial charge in [0.05, 0.1) is 43.2 Å². The van der Waals surface area contributed by atoms with Gasteiger partial charge in [-0.15, -0.1) is 0 Å². The van der Waals surface area contributed by atoms with Gasteiger partial charge in [0.2, 0.25) is 5.88 Å². The summed E-state index contributed by atoms with van der Waals surface area (Å²) >= 11 is 0. The van der Waals surface area contributed by atoms with Gasteiger partial charge in [0.25, 0.3) is 0 Å². The highest BCUT2D eigenvalue weighted by molar-refractivity contribution is 5.78. The minimum Gasteiger partial charge on any atom is -0.497 e. The van der Waals surface area contributed by atoms with Crippen molar-refractivity contribution in [1.82, 2.24) is 9.97 Å². The number of methoxy groups -OCH3 is 1. The standard InChI is InChI=1S/C21H23N3O3/c1-15-13-26-10-9-24(15)17-11-20-19(22-12-17)7-8-21(23-20)27-14-16-3-5-18(25-2)6-4-16/h3-8,11-12,15H,9-10,13-14H2,1-2H3/t15-/m0/s1. The minimum absolute atomic E-state index is 0.326. The molecule has 1 aliphatic rings. The van der Waals surface area contributed by atoms with Gasteiger partial charge in [-0.2, -0.15) is 0 Å². The molecule has 3 aromatic rings. The molecule has 140 valence electrons. The summed E-state index contributed by atoms with van der Waals surface area (Å²) in [5.41, 5.74) is 3.82. The van der Waals surface area contributed by atoms with E-state index in [-0.39, 0.29) is 0 Å². The topological polar surface area (TPSA) is 56.7 Å². The fourth-order valence-corrected chi connectivity index (χ4v) is 3.20. The number of benzene rings is 1. The normalized spacial score (nSPS) is 17.1. The molecule has 4 rings (SSSR count). The summed E-state index contributed by atoms with van der Waals surface area (Å²) in [7, 11) is 1.66. The smallest absolute Gasteiger partial charge is 0.214 e. The molecule has 0 bridgehead atoms. The van der Waals surface area contributed by atoms with Crippen LogP contribution in [0.4, 0.5) is 5.69 Å². The first kappa shape index (κ1) is 17.5. The highest BCUT2D eigenvalue weighted by atomic mass is 16.5. The molecule has 2 aromatic heterocycles. The first-order valence-corrected chi connectivity index (χ1v) is 9.10. The van der Waals surface area contributed by atoms with Crippen molar-refractivity contribution in [3.63, 3.8) is 0 Å². The van der Waals surface area contributed by atoms with Crippen LogP contribution >= 0.6 is 0 Å². The molecule has 0 radical (unpaired) electrons. The molecule has 6 heteroatoms. The Labute approximate surface area is 158 Å². The summed E-state index contributed by atoms with van der Waals surface area (Å²) in [6.07, 6.45) is 1.91. The van der Waals surface area contributed by atoms with Gasteiger partial charge in [-0.05, 0) is 36.8 Å². The number of hydrogen-bond acceptors (Lipinski definition) is 6. The van der Waals surface area contributed by atoms with Gasteiger partial charge >= 0.3 is 0 Å². The van der Waals surface area contributed by atoms with Crippen LogP contribution in [0.25, 0.3) is 11.0 Å². The number of pyridine rings is 2. The van der Waals surface area contributed by atoms with Crippen LogP contribution in [0.3, 0.4) is 0 Å². The Hall–Kier alpha value is -2.86. The van der Waals surface area contributed by atoms with Crippen LogP contribution in [-0.2, 0) is 11.3 Å². The predicted molar refractivity (Wildman–Crippen MR) is 104 cm³/mol. The summed E-state index contributed by atoms with van der Waals surface area (Å²) in [5, 5.41) is 0. The third kappa shape index (κ3) is 3.95. The van der Waals surface area contributed by atoms with E-state index in [0.29, 0.717) is 18.5 Å². The molecule has 0 unspecified atom stereocenters. The summed E-state index contributed by atoms with van der Waals surface area (Å²) in [5.74, 6) is 1.42. The van der Waals surface area contributed by atoms with Crippen molar-refractivity contribution in [1.29, 1.82) is 0 Å². The first-order valence-electron chi connectivity index (χ1n) is 9.10. The maximum Gasteiger partial charge on any atom is 0.214 e. The average molecular weight is 365 g/mol. The van der Waals surface area contributed by atoms with E-state index in [1.165, 1.54) is 0 Å². The minimum atomic E-state index is 0.326. The van der Waals surface area contributed by atoms with Crippen LogP contribution in [0.5, 0.6) is 11.6 Å². The van der Waals surface area contributed by atoms with Crippen LogP contribution in [-0.4, -0.2) is 42.9 Å². The first-order chi connectivity index (χ1) is 13.2. The SMILES string of the molecule is COc1ccc(COc2ccc3ncc(N4CCOC[C@@H]4C)cc3n2)cc1. The second-order valence-corrected chi connectivity index (χ2v) is 6.64. The number of anilines is 1. The van der Waals surface area contributed by atoms with Crippen LogP contribution in [0.2, 0.25) is 0 Å². The molecule has 0 aliphatic carbocycles. The molecule has 27 heavy (non-hydrogen) atoms. The molecule has 1 aromatic carbocycles. The maximum absolute atomic E-state index is 5.87. The van der Waals surface area contributed by atoms with E-state index in [2.05, 4.69) is 27.9 Å². The van der Waals surface area contributed by atoms with Gasteiger partial charge < -0.3 is 19.1 Å². The summed E-state index contributed by atoms with van der Waals surface area (Å²) in [6.45, 7) is 4.95. The zero-order valence-corrected chi connectivity index (χ0v) is 15.6. The van der Waals surface area contributed by atoms with Crippen molar-refractivity contribution in [3.05, 3.63) is 54.2 Å². The lowest BCUT2D eigenvalue weighted by Gasteiger charge is -2.35. The molecule has 1 saturated heterocycles. The van der Waals surface area contributed by atoms with Crippen molar-refractivity contribution in [3.8, 4) is 11.6 Å². The van der Waals surface area contributed by atoms with Crippen molar-refractivity contribution >= 4 is 16.7 Å². The Balaban J connectivity index is 1.51. The number of nitrogens with zero attached hydrogens (tertiary/aromatic N) is 3. The van der Waals surface area contributed by atoms with Gasteiger partial charge in [0, 0.05) is 18.7 Å². The summed E-state index contributed by atoms with van der Waals surface area (Å²) in [4.78, 5) is 11.5. The lowest BCUT2D eigenvalue weighted by atomic mass is 10.2. The van der Waals surface area contributed by atoms with Gasteiger partial charge in [0.1, 0.15) is 12.4 Å². The van der Waals surface area contributed by atoms with Gasteiger partial charge in [-0.1, -0.05) is 12.1 Å². The number of fused-ring (bicyclic) bond motifs is 1. The molecule has 1 fully saturated rings. The molecule has 0 spiro atoms. The Morgan fingerprint density at radius 3 is 2.78 bits per heavy atom. The predicted octanol–water partition coefficient (Wildman–Crippen LogP) is 3.44. The summed E-state index contributed by atoms with van der Waals surface area (Å²) < 4.78 is 16.6. The molecule has 1 atom stereocenters. The van der Waals surface area contributed by atoms with Crippen LogP contribution < -0.4 is 14.4 Å². The van der Waals surface area contributed by atoms with E-state index in [1.807, 2.05) is 42.6 Å². The fraction of sp³-hybridized carbons (Fsp3) is 0.333. The van der Waals surface area contributed by atoms with E-state index in [0.717, 1.165) is 47.8 Å². The Morgan fingerprint density at radius 2 is 2.00 bits per heavy atom. The number of ether oxygens (including phenoxy) is 3. The van der Waals surface area contributed by atoms with Crippen molar-refractivity contribution in [2.75, 3.05) is 31.8 Å². The molecule has 0 saturated carbocycles. The monoisotopic (exact) mass is 365 g/mol. The fourth-order valence-electron chi connectivity index (χ4n) is 3.20. The number of morpholine rings is 1. The molecule has 0 N–H and O–H groups in total. The molecule has 1 aliphatic heterocycles. The van der Waals surface area contributed by atoms with Gasteiger partial charge in [-0.3, -0.25) is 4.98 Å². The highest BCUT2D eigenvalue weighted by Crippen LogP contribution is 2.24. The second-order valence-electron chi connectivity index (χ2n) is 6.64. The molecule has 0 amide bonds. The second kappa shape index (κ2) is 7.80. The van der Waals surface area contributed by atoms with Crippen LogP contribution in [0.15, 0.2) is 48.7 Å². The zero-order chi connectivity index (χ0) is 18.6. The molecular weight excluding hydrogens is 342 g/mol. The van der Waals surface area contributed by atoms with E-state index in [9.17, 15) is 0 Å². The lowest BCUT2D eigenvalue weighted by molar-refractivity contribution is 0.0989. The quantitative estimate of drug-likeness (QED) is 0.690. The summed E-state index contributed by atoms with van der Waals surface area (Å²) in [6, 6.07) is 14.0. The van der Waals surface area contributed by atoms with Crippen molar-refractivity contribution in [2.45, 2.75) is 19.6 Å². The van der Waals surface area contributed by atoms with E-state index in [4.69, 9.17) is 14.2 Å². The van der Waals surface area contributed by atoms with Crippen LogP contribution in [0.1, 0.15) is 12.5 Å². The zero-order valence-electron chi connectivity index (χ0n) is 15.6. The Bertz CT molecular complexity index is 914. The number of aromatic nitrogens is 2. The van der Waals surface area contributed by atoms with Gasteiger partial charge in [0.15, 0.2) is 0 Å². The lowest BCUT2D eigenvalue weighted by Crippen LogP contribution is -2.43. The van der Waals surface area contributed by atoms with E-state index >= 15 is 0 Å². The molecule has 6 nitrogen and oxygen atoms in total. The maximum atomic E-state index is 5.87. The van der Waals surface area contributed by atoms with Crippen LogP contribution in [0, 0.1) is 0 Å². The highest BCUT2D eigenvalue weighted by Gasteiger charge is 2.19. The van der Waals surface area contributed by atoms with Gasteiger partial charge in [-0.25, -0.2) is 4.98 Å². The van der Waals surface area contributed by atoms with Crippen molar-refractivity contribution in [2.24, 2.45) is 0 Å². The van der Waals surface area contributed by atoms with E-state index in [1.54, 1.807) is 7.11 Å². The molecule has 3 heterocycles. The van der Waals surface area contributed by atoms with Crippen molar-refractivity contribution < 1.29 is 14.2 Å². The Kier molecular flexibility index (Phi) is 5.07. The average Bonchev–Trinajstić information content (AvgIpc) is 2.72. The Morgan fingerprint density at radius 1 is 1.15 bits per heavy atom.